The number of thioether (sulfide) groups is 1. The number of benzene rings is 2. The number of likely N-dealkylation sites (tertiary alicyclic amines) is 1. The van der Waals surface area contributed by atoms with Gasteiger partial charge in [-0.3, -0.25) is 0 Å². The standard InChI is InChI=1S/C35H44N6O4S/c1-33(2,3)44-31(42)36-16-7-15-35(21-46-35)30-37-19-28(40-30)23-10-8-22(9-11-23)24-12-13-26-27(18-24)39-29(38-26)25-14-17-41(20-25)32(43)45-34(4,5)6/h8-13,18-19,25H,7,14-17,20-21H2,1-6H3,(H,36,42)(H,37,40)(H,38,39)/t25?,35-/m0/s1. The molecule has 2 aliphatic rings. The minimum absolute atomic E-state index is 0.0157. The summed E-state index contributed by atoms with van der Waals surface area (Å²) in [6.45, 7) is 13.1. The zero-order chi connectivity index (χ0) is 32.7. The van der Waals surface area contributed by atoms with E-state index in [1.165, 1.54) is 0 Å². The summed E-state index contributed by atoms with van der Waals surface area (Å²) in [5.41, 5.74) is 5.07. The van der Waals surface area contributed by atoms with Crippen molar-refractivity contribution in [3.8, 4) is 22.4 Å². The van der Waals surface area contributed by atoms with E-state index in [1.807, 2.05) is 59.5 Å². The van der Waals surface area contributed by atoms with Gasteiger partial charge in [-0.15, -0.1) is 11.8 Å². The van der Waals surface area contributed by atoms with Crippen molar-refractivity contribution >= 4 is 35.0 Å². The van der Waals surface area contributed by atoms with Crippen LogP contribution in [0.3, 0.4) is 0 Å². The third kappa shape index (κ3) is 7.52. The molecule has 2 aromatic carbocycles. The summed E-state index contributed by atoms with van der Waals surface area (Å²) in [7, 11) is 0. The number of carbonyl (C=O) groups excluding carboxylic acids is 2. The van der Waals surface area contributed by atoms with Crippen LogP contribution in [0.1, 0.15) is 78.4 Å². The number of aromatic nitrogens is 4. The summed E-state index contributed by atoms with van der Waals surface area (Å²) >= 11 is 1.89. The van der Waals surface area contributed by atoms with E-state index in [9.17, 15) is 9.59 Å². The molecule has 4 aromatic rings. The minimum atomic E-state index is -0.507. The Kier molecular flexibility index (Phi) is 8.56. The van der Waals surface area contributed by atoms with Crippen LogP contribution in [-0.2, 0) is 14.2 Å². The lowest BCUT2D eigenvalue weighted by molar-refractivity contribution is 0.0292. The zero-order valence-corrected chi connectivity index (χ0v) is 28.3. The molecule has 2 atom stereocenters. The first-order valence-corrected chi connectivity index (χ1v) is 17.0. The first kappa shape index (κ1) is 32.0. The van der Waals surface area contributed by atoms with Crippen molar-refractivity contribution in [1.82, 2.24) is 30.2 Å². The number of nitrogens with zero attached hydrogens (tertiary/aromatic N) is 3. The average Bonchev–Trinajstić information content (AvgIpc) is 3.37. The molecule has 46 heavy (non-hydrogen) atoms. The second-order valence-corrected chi connectivity index (χ2v) is 15.7. The molecule has 6 rings (SSSR count). The minimum Gasteiger partial charge on any atom is -0.444 e. The van der Waals surface area contributed by atoms with Gasteiger partial charge in [-0.1, -0.05) is 30.3 Å². The molecule has 0 radical (unpaired) electrons. The molecule has 10 nitrogen and oxygen atoms in total. The SMILES string of the molecule is CC(C)(C)OC(=O)NCCC[C@@]1(c2nc(-c3ccc(-c4ccc5[nH]c(C6CCN(C(=O)OC(C)(C)C)C6)nc5c4)cc3)c[nH]2)CS1. The summed E-state index contributed by atoms with van der Waals surface area (Å²) in [5.74, 6) is 3.08. The summed E-state index contributed by atoms with van der Waals surface area (Å²) in [4.78, 5) is 43.0. The van der Waals surface area contributed by atoms with E-state index in [1.54, 1.807) is 4.90 Å². The van der Waals surface area contributed by atoms with Crippen molar-refractivity contribution in [2.24, 2.45) is 0 Å². The van der Waals surface area contributed by atoms with E-state index in [0.29, 0.717) is 19.6 Å². The van der Waals surface area contributed by atoms with Crippen LogP contribution in [0.4, 0.5) is 9.59 Å². The second kappa shape index (κ2) is 12.3. The smallest absolute Gasteiger partial charge is 0.410 e. The topological polar surface area (TPSA) is 125 Å². The van der Waals surface area contributed by atoms with E-state index >= 15 is 0 Å². The monoisotopic (exact) mass is 644 g/mol. The van der Waals surface area contributed by atoms with Gasteiger partial charge < -0.3 is 29.7 Å². The van der Waals surface area contributed by atoms with E-state index in [2.05, 4.69) is 57.7 Å². The molecule has 244 valence electrons. The summed E-state index contributed by atoms with van der Waals surface area (Å²) < 4.78 is 10.9. The fourth-order valence-electron chi connectivity index (χ4n) is 5.78. The lowest BCUT2D eigenvalue weighted by Crippen LogP contribution is -2.35. The highest BCUT2D eigenvalue weighted by molar-refractivity contribution is 8.07. The molecule has 4 heterocycles. The molecule has 11 heteroatoms. The number of H-pyrrole nitrogens is 2. The quantitative estimate of drug-likeness (QED) is 0.133. The molecule has 2 fully saturated rings. The van der Waals surface area contributed by atoms with Gasteiger partial charge in [0.05, 0.1) is 21.5 Å². The van der Waals surface area contributed by atoms with Gasteiger partial charge in [-0.2, -0.15) is 0 Å². The zero-order valence-electron chi connectivity index (χ0n) is 27.5. The van der Waals surface area contributed by atoms with Crippen molar-refractivity contribution in [2.45, 2.75) is 82.7 Å². The maximum absolute atomic E-state index is 12.5. The van der Waals surface area contributed by atoms with E-state index in [-0.39, 0.29) is 22.9 Å². The van der Waals surface area contributed by atoms with Gasteiger partial charge >= 0.3 is 12.2 Å². The summed E-state index contributed by atoms with van der Waals surface area (Å²) in [6, 6.07) is 14.8. The number of amides is 2. The molecule has 2 aromatic heterocycles. The van der Waals surface area contributed by atoms with Crippen LogP contribution in [0.15, 0.2) is 48.7 Å². The number of imidazole rings is 2. The van der Waals surface area contributed by atoms with Crippen molar-refractivity contribution in [3.63, 3.8) is 0 Å². The van der Waals surface area contributed by atoms with Crippen LogP contribution < -0.4 is 5.32 Å². The van der Waals surface area contributed by atoms with Gasteiger partial charge in [0.25, 0.3) is 0 Å². The molecule has 0 bridgehead atoms. The molecule has 3 N–H and O–H groups in total. The fourth-order valence-corrected chi connectivity index (χ4v) is 6.76. The first-order valence-electron chi connectivity index (χ1n) is 16.0. The first-order chi connectivity index (χ1) is 21.8. The lowest BCUT2D eigenvalue weighted by atomic mass is 10.0. The Morgan fingerprint density at radius 3 is 2.39 bits per heavy atom. The number of fused-ring (bicyclic) bond motifs is 1. The van der Waals surface area contributed by atoms with E-state index < -0.39 is 11.2 Å². The molecule has 2 saturated heterocycles. The highest BCUT2D eigenvalue weighted by atomic mass is 32.2. The Bertz CT molecular complexity index is 1710. The van der Waals surface area contributed by atoms with Crippen LogP contribution in [0.5, 0.6) is 0 Å². The number of ether oxygens (including phenoxy) is 2. The Morgan fingerprint density at radius 2 is 1.70 bits per heavy atom. The third-order valence-corrected chi connectivity index (χ3v) is 9.55. The Labute approximate surface area is 274 Å². The van der Waals surface area contributed by atoms with Crippen LogP contribution in [-0.4, -0.2) is 73.6 Å². The maximum atomic E-state index is 12.5. The summed E-state index contributed by atoms with van der Waals surface area (Å²) in [6.07, 6.45) is 3.98. The number of carbonyl (C=O) groups is 2. The number of alkyl carbamates (subject to hydrolysis) is 1. The van der Waals surface area contributed by atoms with Crippen LogP contribution in [0.25, 0.3) is 33.4 Å². The number of hydrogen-bond acceptors (Lipinski definition) is 7. The predicted octanol–water partition coefficient (Wildman–Crippen LogP) is 7.59. The maximum Gasteiger partial charge on any atom is 0.410 e. The van der Waals surface area contributed by atoms with Crippen LogP contribution in [0, 0.1) is 0 Å². The number of nitrogens with one attached hydrogen (secondary N) is 3. The van der Waals surface area contributed by atoms with E-state index in [4.69, 9.17) is 19.4 Å². The highest BCUT2D eigenvalue weighted by Crippen LogP contribution is 2.55. The predicted molar refractivity (Wildman–Crippen MR) is 182 cm³/mol. The number of rotatable bonds is 8. The molecule has 0 aliphatic carbocycles. The van der Waals surface area contributed by atoms with Gasteiger partial charge in [0.1, 0.15) is 22.9 Å². The third-order valence-electron chi connectivity index (χ3n) is 8.17. The average molecular weight is 645 g/mol. The Balaban J connectivity index is 1.06. The molecule has 2 aliphatic heterocycles. The van der Waals surface area contributed by atoms with Crippen LogP contribution >= 0.6 is 11.8 Å². The number of aromatic amines is 2. The van der Waals surface area contributed by atoms with Crippen molar-refractivity contribution in [2.75, 3.05) is 25.4 Å². The van der Waals surface area contributed by atoms with E-state index in [0.717, 1.165) is 70.1 Å². The normalized spacial score (nSPS) is 19.8. The Hall–Kier alpha value is -3.99. The molecular formula is C35H44N6O4S. The van der Waals surface area contributed by atoms with Crippen LogP contribution in [0.2, 0.25) is 0 Å². The van der Waals surface area contributed by atoms with Gasteiger partial charge in [0.2, 0.25) is 0 Å². The largest absolute Gasteiger partial charge is 0.444 e. The van der Waals surface area contributed by atoms with Gasteiger partial charge in [0.15, 0.2) is 0 Å². The molecule has 0 saturated carbocycles. The molecular weight excluding hydrogens is 600 g/mol. The molecule has 0 spiro atoms. The number of hydrogen-bond donors (Lipinski definition) is 3. The van der Waals surface area contributed by atoms with Crippen molar-refractivity contribution < 1.29 is 19.1 Å². The summed E-state index contributed by atoms with van der Waals surface area (Å²) in [5, 5.41) is 2.85. The second-order valence-electron chi connectivity index (χ2n) is 14.3. The van der Waals surface area contributed by atoms with Gasteiger partial charge in [0, 0.05) is 43.1 Å². The van der Waals surface area contributed by atoms with Gasteiger partial charge in [-0.25, -0.2) is 19.6 Å². The lowest BCUT2D eigenvalue weighted by Gasteiger charge is -2.24. The van der Waals surface area contributed by atoms with Crippen molar-refractivity contribution in [1.29, 1.82) is 0 Å². The Morgan fingerprint density at radius 1 is 1.00 bits per heavy atom. The molecule has 2 amide bonds. The van der Waals surface area contributed by atoms with Gasteiger partial charge in [-0.05, 0) is 84.1 Å². The van der Waals surface area contributed by atoms with Crippen molar-refractivity contribution in [3.05, 3.63) is 60.3 Å². The highest BCUT2D eigenvalue weighted by Gasteiger charge is 2.47. The molecule has 1 unspecified atom stereocenters. The fraction of sp³-hybridized carbons (Fsp3) is 0.486.